The van der Waals surface area contributed by atoms with Crippen LogP contribution in [0.4, 0.5) is 9.59 Å². The quantitative estimate of drug-likeness (QED) is 0.440. The molecule has 2 N–H and O–H groups in total. The van der Waals surface area contributed by atoms with Gasteiger partial charge in [0.25, 0.3) is 0 Å². The number of nitrogens with one attached hydrogen (secondary N) is 2. The van der Waals surface area contributed by atoms with Crippen LogP contribution >= 0.6 is 0 Å². The molecule has 0 spiro atoms. The monoisotopic (exact) mass is 684 g/mol. The van der Waals surface area contributed by atoms with Crippen LogP contribution in [-0.4, -0.2) is 178 Å². The van der Waals surface area contributed by atoms with Crippen LogP contribution in [0.5, 0.6) is 0 Å². The molecule has 2 amide bonds. The molecule has 6 aliphatic rings. The zero-order chi connectivity index (χ0) is 35.5. The van der Waals surface area contributed by atoms with Gasteiger partial charge in [-0.15, -0.1) is 0 Å². The summed E-state index contributed by atoms with van der Waals surface area (Å²) in [5.41, 5.74) is -0.815. The number of ether oxygens (including phenoxy) is 5. The smallest absolute Gasteiger partial charge is 0.410 e. The van der Waals surface area contributed by atoms with Crippen molar-refractivity contribution >= 4 is 18.0 Å². The molecule has 0 radical (unpaired) electrons. The first-order valence-electron chi connectivity index (χ1n) is 17.7. The summed E-state index contributed by atoms with van der Waals surface area (Å²) < 4.78 is 25.6. The molecule has 6 fully saturated rings. The Morgan fingerprint density at radius 2 is 1.19 bits per heavy atom. The molecule has 6 saturated heterocycles. The molecule has 0 aromatic carbocycles. The van der Waals surface area contributed by atoms with Crippen LogP contribution in [-0.2, 0) is 28.5 Å². The molecule has 6 rings (SSSR count). The van der Waals surface area contributed by atoms with Crippen molar-refractivity contribution in [1.29, 1.82) is 0 Å². The van der Waals surface area contributed by atoms with E-state index in [0.29, 0.717) is 43.4 Å². The van der Waals surface area contributed by atoms with E-state index in [1.807, 2.05) is 46.4 Å². The minimum atomic E-state index is -0.417. The number of amides is 2. The summed E-state index contributed by atoms with van der Waals surface area (Å²) in [7, 11) is 0. The Kier molecular flexibility index (Phi) is 15.8. The highest BCUT2D eigenvalue weighted by atomic mass is 16.6. The average molecular weight is 685 g/mol. The van der Waals surface area contributed by atoms with Crippen LogP contribution in [0.15, 0.2) is 0 Å². The van der Waals surface area contributed by atoms with Gasteiger partial charge in [-0.25, -0.2) is 9.59 Å². The number of Topliss-reactive ketones (excluding diaryl/α,β-unsaturated/α-hetero) is 1. The standard InChI is InChI=1S/C13H24N2O3.C10H20N2O2.C8H16N2O.C3H4O2/c1-10-7-14(12(16)18-13(2,3)4)5-6-15(10)11-8-17-9-11;1-8-7-12(6-5-11-8)9(13)14-10(2,3)4;1-7-4-9-2-3-10(7)8-5-11-6-8;4-3-1-5-2-3/h10-11H,5-9H2,1-4H3;8,11H,5-7H2,1-4H3;7-9H,2-6H2,1H3;1-2H2/t10-;8-;7-;/m111./s1. The molecule has 0 unspecified atom stereocenters. The SMILES string of the molecule is C[C@@H]1CN(C(=O)OC(C)(C)C)CCN1.C[C@@H]1CN(C(=O)OC(C)(C)C)CCN1C1COC1.C[C@@H]1CNCCN1C1COC1.O=C1COC1. The second-order valence-corrected chi connectivity index (χ2v) is 15.5. The molecule has 278 valence electrons. The highest BCUT2D eigenvalue weighted by Gasteiger charge is 2.36. The third-order valence-electron chi connectivity index (χ3n) is 8.61. The van der Waals surface area contributed by atoms with Gasteiger partial charge in [0, 0.05) is 77.0 Å². The van der Waals surface area contributed by atoms with Crippen molar-refractivity contribution in [2.24, 2.45) is 0 Å². The maximum atomic E-state index is 12.0. The molecule has 0 aromatic heterocycles. The third kappa shape index (κ3) is 14.0. The summed E-state index contributed by atoms with van der Waals surface area (Å²) >= 11 is 0. The van der Waals surface area contributed by atoms with Gasteiger partial charge in [-0.2, -0.15) is 0 Å². The van der Waals surface area contributed by atoms with Crippen molar-refractivity contribution < 1.29 is 38.1 Å². The predicted octanol–water partition coefficient (Wildman–Crippen LogP) is 1.81. The Hall–Kier alpha value is -2.07. The van der Waals surface area contributed by atoms with E-state index >= 15 is 0 Å². The molecular weight excluding hydrogens is 620 g/mol. The lowest BCUT2D eigenvalue weighted by atomic mass is 10.1. The zero-order valence-electron chi connectivity index (χ0n) is 31.0. The van der Waals surface area contributed by atoms with Gasteiger partial charge < -0.3 is 44.1 Å². The normalized spacial score (nSPS) is 27.3. The van der Waals surface area contributed by atoms with Gasteiger partial charge >= 0.3 is 12.2 Å². The summed E-state index contributed by atoms with van der Waals surface area (Å²) in [6, 6.07) is 2.68. The Labute approximate surface area is 288 Å². The summed E-state index contributed by atoms with van der Waals surface area (Å²) in [4.78, 5) is 41.9. The molecule has 0 bridgehead atoms. The van der Waals surface area contributed by atoms with Crippen LogP contribution in [0.2, 0.25) is 0 Å². The van der Waals surface area contributed by atoms with E-state index in [9.17, 15) is 14.4 Å². The lowest BCUT2D eigenvalue weighted by molar-refractivity contribution is -0.140. The molecule has 0 aliphatic carbocycles. The highest BCUT2D eigenvalue weighted by Crippen LogP contribution is 2.20. The number of rotatable bonds is 2. The summed E-state index contributed by atoms with van der Waals surface area (Å²) in [6.45, 7) is 30.3. The highest BCUT2D eigenvalue weighted by molar-refractivity contribution is 5.84. The van der Waals surface area contributed by atoms with Crippen molar-refractivity contribution in [3.05, 3.63) is 0 Å². The number of carbonyl (C=O) groups is 3. The molecule has 48 heavy (non-hydrogen) atoms. The van der Waals surface area contributed by atoms with Crippen molar-refractivity contribution in [1.82, 2.24) is 30.2 Å². The van der Waals surface area contributed by atoms with Gasteiger partial charge in [0.05, 0.1) is 38.5 Å². The number of ketones is 1. The van der Waals surface area contributed by atoms with Crippen molar-refractivity contribution in [3.8, 4) is 0 Å². The lowest BCUT2D eigenvalue weighted by Gasteiger charge is -2.46. The fourth-order valence-electron chi connectivity index (χ4n) is 5.85. The Morgan fingerprint density at radius 1 is 0.688 bits per heavy atom. The van der Waals surface area contributed by atoms with Crippen LogP contribution < -0.4 is 10.6 Å². The molecule has 0 saturated carbocycles. The van der Waals surface area contributed by atoms with E-state index in [1.54, 1.807) is 4.90 Å². The van der Waals surface area contributed by atoms with Gasteiger partial charge in [-0.1, -0.05) is 0 Å². The van der Waals surface area contributed by atoms with E-state index in [1.165, 1.54) is 6.54 Å². The fourth-order valence-corrected chi connectivity index (χ4v) is 5.85. The maximum Gasteiger partial charge on any atom is 0.410 e. The average Bonchev–Trinajstić information content (AvgIpc) is 2.91. The Balaban J connectivity index is 0.000000186. The molecule has 0 aromatic rings. The van der Waals surface area contributed by atoms with Gasteiger partial charge in [-0.3, -0.25) is 14.6 Å². The molecule has 3 atom stereocenters. The predicted molar refractivity (Wildman–Crippen MR) is 183 cm³/mol. The van der Waals surface area contributed by atoms with E-state index in [-0.39, 0.29) is 18.0 Å². The molecule has 6 heterocycles. The van der Waals surface area contributed by atoms with Gasteiger partial charge in [-0.05, 0) is 62.3 Å². The number of carbonyl (C=O) groups excluding carboxylic acids is 3. The van der Waals surface area contributed by atoms with Gasteiger partial charge in [0.1, 0.15) is 24.4 Å². The van der Waals surface area contributed by atoms with Crippen molar-refractivity contribution in [2.45, 2.75) is 104 Å². The lowest BCUT2D eigenvalue weighted by Crippen LogP contribution is -2.61. The molecular formula is C34H64N6O8. The Bertz CT molecular complexity index is 1000. The van der Waals surface area contributed by atoms with Crippen LogP contribution in [0.3, 0.4) is 0 Å². The minimum Gasteiger partial charge on any atom is -0.444 e. The van der Waals surface area contributed by atoms with Crippen molar-refractivity contribution in [3.63, 3.8) is 0 Å². The largest absolute Gasteiger partial charge is 0.444 e. The van der Waals surface area contributed by atoms with Crippen LogP contribution in [0, 0.1) is 0 Å². The molecule has 6 aliphatic heterocycles. The number of piperazine rings is 3. The Morgan fingerprint density at radius 3 is 1.56 bits per heavy atom. The third-order valence-corrected chi connectivity index (χ3v) is 8.61. The van der Waals surface area contributed by atoms with E-state index in [2.05, 4.69) is 45.9 Å². The van der Waals surface area contributed by atoms with Gasteiger partial charge in [0.2, 0.25) is 0 Å². The summed E-state index contributed by atoms with van der Waals surface area (Å²) in [5, 5.41) is 6.67. The second-order valence-electron chi connectivity index (χ2n) is 15.5. The van der Waals surface area contributed by atoms with Crippen molar-refractivity contribution in [2.75, 3.05) is 98.5 Å². The first-order valence-corrected chi connectivity index (χ1v) is 17.7. The first-order chi connectivity index (χ1) is 22.5. The summed E-state index contributed by atoms with van der Waals surface area (Å²) in [6.07, 6.45) is -0.398. The number of hydrogen-bond donors (Lipinski definition) is 2. The second kappa shape index (κ2) is 18.8. The molecule has 14 heteroatoms. The maximum absolute atomic E-state index is 12.0. The molecule has 14 nitrogen and oxygen atoms in total. The number of nitrogens with zero attached hydrogens (tertiary/aromatic N) is 4. The minimum absolute atomic E-state index is 0.196. The van der Waals surface area contributed by atoms with E-state index in [4.69, 9.17) is 18.9 Å². The zero-order valence-corrected chi connectivity index (χ0v) is 31.0. The topological polar surface area (TPSA) is 134 Å². The first kappa shape index (κ1) is 40.4. The van der Waals surface area contributed by atoms with Crippen LogP contribution in [0.25, 0.3) is 0 Å². The van der Waals surface area contributed by atoms with Gasteiger partial charge in [0.15, 0.2) is 5.78 Å². The van der Waals surface area contributed by atoms with Crippen LogP contribution in [0.1, 0.15) is 62.3 Å². The summed E-state index contributed by atoms with van der Waals surface area (Å²) in [5.74, 6) is 0.213. The van der Waals surface area contributed by atoms with E-state index in [0.717, 1.165) is 78.8 Å². The fraction of sp³-hybridized carbons (Fsp3) is 0.912. The van der Waals surface area contributed by atoms with E-state index < -0.39 is 11.2 Å². The number of hydrogen-bond acceptors (Lipinski definition) is 12.